The van der Waals surface area contributed by atoms with Crippen LogP contribution in [-0.2, 0) is 4.79 Å². The molecule has 0 spiro atoms. The number of benzene rings is 2. The predicted octanol–water partition coefficient (Wildman–Crippen LogP) is 4.36. The van der Waals surface area contributed by atoms with Crippen molar-refractivity contribution in [3.05, 3.63) is 82.2 Å². The van der Waals surface area contributed by atoms with Crippen LogP contribution in [0.4, 0.5) is 5.13 Å². The number of ether oxygens (including phenoxy) is 1. The second-order valence-corrected chi connectivity index (χ2v) is 8.84. The third-order valence-corrected chi connectivity index (χ3v) is 6.26. The van der Waals surface area contributed by atoms with Crippen LogP contribution in [0.15, 0.2) is 80.0 Å². The summed E-state index contributed by atoms with van der Waals surface area (Å²) in [5, 5.41) is 20.5. The van der Waals surface area contributed by atoms with Gasteiger partial charge in [-0.2, -0.15) is 5.26 Å². The summed E-state index contributed by atoms with van der Waals surface area (Å²) in [5.74, 6) is 0.753. The molecule has 10 heteroatoms. The predicted molar refractivity (Wildman–Crippen MR) is 127 cm³/mol. The van der Waals surface area contributed by atoms with Gasteiger partial charge in [-0.05, 0) is 30.3 Å². The van der Waals surface area contributed by atoms with E-state index in [0.717, 1.165) is 5.75 Å². The Bertz CT molecular complexity index is 1410. The number of hydrogen-bond donors (Lipinski definition) is 1. The zero-order chi connectivity index (χ0) is 23.0. The third-order valence-electron chi connectivity index (χ3n) is 4.32. The van der Waals surface area contributed by atoms with Crippen molar-refractivity contribution in [2.75, 3.05) is 17.7 Å². The molecule has 0 fully saturated rings. The van der Waals surface area contributed by atoms with Crippen LogP contribution >= 0.6 is 23.1 Å². The Morgan fingerprint density at radius 3 is 2.79 bits per heavy atom. The Morgan fingerprint density at radius 2 is 1.97 bits per heavy atom. The molecule has 1 N–H and O–H groups in total. The first-order valence-corrected chi connectivity index (χ1v) is 11.5. The maximum atomic E-state index is 12.6. The molecule has 164 valence electrons. The molecule has 1 amide bonds. The molecular weight excluding hydrogens is 460 g/mol. The summed E-state index contributed by atoms with van der Waals surface area (Å²) in [6.07, 6.45) is 2.43. The molecule has 0 aliphatic rings. The number of amides is 1. The second-order valence-electron chi connectivity index (χ2n) is 6.52. The molecule has 0 saturated carbocycles. The van der Waals surface area contributed by atoms with Crippen molar-refractivity contribution in [1.29, 1.82) is 5.26 Å². The Balaban J connectivity index is 1.37. The zero-order valence-electron chi connectivity index (χ0n) is 17.1. The summed E-state index contributed by atoms with van der Waals surface area (Å²) in [5.41, 5.74) is -0.0500. The molecule has 0 aliphatic heterocycles. The maximum Gasteiger partial charge on any atom is 0.268 e. The first-order valence-electron chi connectivity index (χ1n) is 9.72. The lowest BCUT2D eigenvalue weighted by atomic mass is 10.1. The highest BCUT2D eigenvalue weighted by atomic mass is 32.2. The minimum atomic E-state index is -0.690. The van der Waals surface area contributed by atoms with E-state index in [2.05, 4.69) is 15.5 Å². The molecular formula is C23H16N4O4S2. The van der Waals surface area contributed by atoms with Gasteiger partial charge in [0, 0.05) is 5.75 Å². The number of para-hydroxylation sites is 2. The normalized spacial score (nSPS) is 11.2. The van der Waals surface area contributed by atoms with E-state index in [9.17, 15) is 14.9 Å². The first-order chi connectivity index (χ1) is 16.1. The highest BCUT2D eigenvalue weighted by Gasteiger charge is 2.15. The van der Waals surface area contributed by atoms with Gasteiger partial charge < -0.3 is 9.15 Å². The number of nitrogens with zero attached hydrogens (tertiary/aromatic N) is 3. The van der Waals surface area contributed by atoms with Gasteiger partial charge >= 0.3 is 0 Å². The molecule has 0 atom stereocenters. The summed E-state index contributed by atoms with van der Waals surface area (Å²) >= 11 is 2.63. The summed E-state index contributed by atoms with van der Waals surface area (Å²) in [7, 11) is 0. The van der Waals surface area contributed by atoms with Crippen LogP contribution in [0.5, 0.6) is 5.75 Å². The minimum Gasteiger partial charge on any atom is -0.493 e. The van der Waals surface area contributed by atoms with Gasteiger partial charge in [0.2, 0.25) is 5.13 Å². The van der Waals surface area contributed by atoms with E-state index in [0.29, 0.717) is 27.7 Å². The highest BCUT2D eigenvalue weighted by molar-refractivity contribution is 8.01. The standard InChI is InChI=1S/C23H16N4O4S2/c24-13-15(12-16-14-31-19-9-5-4-8-18(19)20(16)28)21(29)25-22-26-27-23(33-22)32-11-10-30-17-6-2-1-3-7-17/h1-9,12,14H,10-11H2,(H,25,26,29). The van der Waals surface area contributed by atoms with E-state index in [4.69, 9.17) is 9.15 Å². The molecule has 33 heavy (non-hydrogen) atoms. The average molecular weight is 477 g/mol. The fourth-order valence-electron chi connectivity index (χ4n) is 2.78. The quantitative estimate of drug-likeness (QED) is 0.131. The van der Waals surface area contributed by atoms with Crippen LogP contribution in [0.1, 0.15) is 5.56 Å². The molecule has 2 aromatic carbocycles. The molecule has 4 rings (SSSR count). The Morgan fingerprint density at radius 1 is 1.18 bits per heavy atom. The van der Waals surface area contributed by atoms with Crippen LogP contribution in [0, 0.1) is 11.3 Å². The van der Waals surface area contributed by atoms with Crippen LogP contribution < -0.4 is 15.5 Å². The van der Waals surface area contributed by atoms with E-state index in [1.165, 1.54) is 35.4 Å². The SMILES string of the molecule is N#CC(=Cc1coc2ccccc2c1=O)C(=O)Nc1nnc(SCCOc2ccccc2)s1. The topological polar surface area (TPSA) is 118 Å². The fourth-order valence-corrected chi connectivity index (χ4v) is 4.42. The maximum absolute atomic E-state index is 12.6. The van der Waals surface area contributed by atoms with Crippen molar-refractivity contribution in [3.8, 4) is 11.8 Å². The Labute approximate surface area is 196 Å². The summed E-state index contributed by atoms with van der Waals surface area (Å²) < 4.78 is 11.7. The molecule has 2 heterocycles. The first kappa shape index (κ1) is 22.3. The fraction of sp³-hybridized carbons (Fsp3) is 0.0870. The monoisotopic (exact) mass is 476 g/mol. The molecule has 0 bridgehead atoms. The van der Waals surface area contributed by atoms with Crippen molar-refractivity contribution < 1.29 is 13.9 Å². The number of anilines is 1. The van der Waals surface area contributed by atoms with Crippen LogP contribution in [0.3, 0.4) is 0 Å². The van der Waals surface area contributed by atoms with Gasteiger partial charge in [0.05, 0.1) is 17.6 Å². The third kappa shape index (κ3) is 5.65. The molecule has 0 unspecified atom stereocenters. The van der Waals surface area contributed by atoms with E-state index in [-0.39, 0.29) is 21.7 Å². The number of nitrogens with one attached hydrogen (secondary N) is 1. The number of rotatable bonds is 8. The van der Waals surface area contributed by atoms with Gasteiger partial charge in [0.1, 0.15) is 29.2 Å². The molecule has 0 saturated heterocycles. The van der Waals surface area contributed by atoms with Gasteiger partial charge in [-0.1, -0.05) is 53.4 Å². The largest absolute Gasteiger partial charge is 0.493 e. The van der Waals surface area contributed by atoms with E-state index < -0.39 is 5.91 Å². The van der Waals surface area contributed by atoms with Crippen molar-refractivity contribution in [3.63, 3.8) is 0 Å². The molecule has 2 aromatic heterocycles. The number of fused-ring (bicyclic) bond motifs is 1. The van der Waals surface area contributed by atoms with Gasteiger partial charge in [0.25, 0.3) is 5.91 Å². The summed E-state index contributed by atoms with van der Waals surface area (Å²) in [6.45, 7) is 0.492. The van der Waals surface area contributed by atoms with E-state index >= 15 is 0 Å². The Kier molecular flexibility index (Phi) is 7.14. The van der Waals surface area contributed by atoms with Crippen LogP contribution in [0.25, 0.3) is 17.0 Å². The van der Waals surface area contributed by atoms with Crippen molar-refractivity contribution in [1.82, 2.24) is 10.2 Å². The van der Waals surface area contributed by atoms with Crippen molar-refractivity contribution in [2.45, 2.75) is 4.34 Å². The smallest absolute Gasteiger partial charge is 0.268 e. The van der Waals surface area contributed by atoms with Crippen molar-refractivity contribution >= 4 is 51.2 Å². The number of thioether (sulfide) groups is 1. The van der Waals surface area contributed by atoms with Gasteiger partial charge in [-0.3, -0.25) is 14.9 Å². The van der Waals surface area contributed by atoms with Crippen molar-refractivity contribution in [2.24, 2.45) is 0 Å². The molecule has 0 aliphatic carbocycles. The minimum absolute atomic E-state index is 0.104. The number of aromatic nitrogens is 2. The van der Waals surface area contributed by atoms with Gasteiger partial charge in [0.15, 0.2) is 9.77 Å². The van der Waals surface area contributed by atoms with Gasteiger partial charge in [-0.15, -0.1) is 10.2 Å². The molecule has 8 nitrogen and oxygen atoms in total. The highest BCUT2D eigenvalue weighted by Crippen LogP contribution is 2.26. The lowest BCUT2D eigenvalue weighted by Crippen LogP contribution is -2.14. The molecule has 0 radical (unpaired) electrons. The average Bonchev–Trinajstić information content (AvgIpc) is 3.29. The Hall–Kier alpha value is -3.94. The lowest BCUT2D eigenvalue weighted by molar-refractivity contribution is -0.112. The summed E-state index contributed by atoms with van der Waals surface area (Å²) in [4.78, 5) is 25.1. The number of carbonyl (C=O) groups excluding carboxylic acids is 1. The zero-order valence-corrected chi connectivity index (χ0v) is 18.7. The van der Waals surface area contributed by atoms with Crippen LogP contribution in [-0.4, -0.2) is 28.5 Å². The number of nitriles is 1. The summed E-state index contributed by atoms with van der Waals surface area (Å²) in [6, 6.07) is 18.0. The second kappa shape index (κ2) is 10.6. The van der Waals surface area contributed by atoms with Gasteiger partial charge in [-0.25, -0.2) is 0 Å². The van der Waals surface area contributed by atoms with E-state index in [1.807, 2.05) is 36.4 Å². The lowest BCUT2D eigenvalue weighted by Gasteiger charge is -2.03. The molecule has 4 aromatic rings. The number of carbonyl (C=O) groups is 1. The number of hydrogen-bond acceptors (Lipinski definition) is 9. The van der Waals surface area contributed by atoms with E-state index in [1.54, 1.807) is 24.3 Å². The van der Waals surface area contributed by atoms with Crippen LogP contribution in [0.2, 0.25) is 0 Å².